The zero-order valence-corrected chi connectivity index (χ0v) is 17.1. The van der Waals surface area contributed by atoms with Crippen LogP contribution in [0.15, 0.2) is 16.7 Å². The van der Waals surface area contributed by atoms with Gasteiger partial charge in [-0.3, -0.25) is 0 Å². The van der Waals surface area contributed by atoms with Gasteiger partial charge in [0.05, 0.1) is 13.1 Å². The van der Waals surface area contributed by atoms with Crippen LogP contribution in [0.4, 0.5) is 13.2 Å². The predicted octanol–water partition coefficient (Wildman–Crippen LogP) is 2.44. The maximum absolute atomic E-state index is 12.6. The lowest BCUT2D eigenvalue weighted by Gasteiger charge is -2.25. The standard InChI is InChI=1S/C14H18F3N7S.HI/c1-2-18-13(19-5-12-23-10(7-25-12)14(15,16)17)22-9-3-4-11-20-8-21-24(11)6-9;/h7-9H,2-6H2,1H3,(H2,18,19,22);1H. The fourth-order valence-corrected chi connectivity index (χ4v) is 3.25. The summed E-state index contributed by atoms with van der Waals surface area (Å²) in [7, 11) is 0. The first kappa shape index (κ1) is 20.9. The number of nitrogens with one attached hydrogen (secondary N) is 2. The smallest absolute Gasteiger partial charge is 0.357 e. The molecule has 0 amide bonds. The summed E-state index contributed by atoms with van der Waals surface area (Å²) in [5, 5.41) is 11.9. The zero-order chi connectivity index (χ0) is 17.9. The number of hydrogen-bond acceptors (Lipinski definition) is 5. The summed E-state index contributed by atoms with van der Waals surface area (Å²) in [5.41, 5.74) is -0.869. The third-order valence-electron chi connectivity index (χ3n) is 3.71. The first-order valence-electron chi connectivity index (χ1n) is 7.89. The van der Waals surface area contributed by atoms with Crippen LogP contribution in [0.2, 0.25) is 0 Å². The van der Waals surface area contributed by atoms with Gasteiger partial charge in [0, 0.05) is 24.4 Å². The number of aryl methyl sites for hydroxylation is 1. The monoisotopic (exact) mass is 501 g/mol. The lowest BCUT2D eigenvalue weighted by molar-refractivity contribution is -0.140. The van der Waals surface area contributed by atoms with Gasteiger partial charge >= 0.3 is 6.18 Å². The van der Waals surface area contributed by atoms with Crippen LogP contribution in [0.5, 0.6) is 0 Å². The van der Waals surface area contributed by atoms with E-state index in [2.05, 4.69) is 30.7 Å². The molecular formula is C14H19F3IN7S. The number of thiazole rings is 1. The van der Waals surface area contributed by atoms with E-state index >= 15 is 0 Å². The minimum Gasteiger partial charge on any atom is -0.357 e. The number of nitrogens with zero attached hydrogens (tertiary/aromatic N) is 5. The molecule has 12 heteroatoms. The number of fused-ring (bicyclic) bond motifs is 1. The maximum Gasteiger partial charge on any atom is 0.434 e. The largest absolute Gasteiger partial charge is 0.434 e. The molecule has 0 spiro atoms. The Bertz CT molecular complexity index is 743. The molecule has 1 aliphatic rings. The molecule has 1 aliphatic heterocycles. The Morgan fingerprint density at radius 2 is 2.27 bits per heavy atom. The topological polar surface area (TPSA) is 80.0 Å². The van der Waals surface area contributed by atoms with Gasteiger partial charge in [-0.2, -0.15) is 18.3 Å². The summed E-state index contributed by atoms with van der Waals surface area (Å²) >= 11 is 0.958. The average molecular weight is 501 g/mol. The van der Waals surface area contributed by atoms with Gasteiger partial charge in [-0.05, 0) is 13.3 Å². The Hall–Kier alpha value is -1.44. The summed E-state index contributed by atoms with van der Waals surface area (Å²) in [5.74, 6) is 1.52. The van der Waals surface area contributed by atoms with Crippen molar-refractivity contribution in [1.29, 1.82) is 0 Å². The summed E-state index contributed by atoms with van der Waals surface area (Å²) in [4.78, 5) is 12.1. The van der Waals surface area contributed by atoms with Crippen molar-refractivity contribution in [2.24, 2.45) is 4.99 Å². The van der Waals surface area contributed by atoms with E-state index in [0.29, 0.717) is 24.1 Å². The van der Waals surface area contributed by atoms with Gasteiger partial charge < -0.3 is 10.6 Å². The van der Waals surface area contributed by atoms with Crippen molar-refractivity contribution in [2.45, 2.75) is 45.1 Å². The molecule has 0 aromatic carbocycles. The van der Waals surface area contributed by atoms with Gasteiger partial charge in [0.15, 0.2) is 11.7 Å². The molecular weight excluding hydrogens is 482 g/mol. The number of halogens is 4. The molecule has 0 fully saturated rings. The van der Waals surface area contributed by atoms with E-state index in [0.717, 1.165) is 35.4 Å². The molecule has 2 aromatic heterocycles. The van der Waals surface area contributed by atoms with E-state index in [9.17, 15) is 13.2 Å². The Morgan fingerprint density at radius 3 is 2.96 bits per heavy atom. The summed E-state index contributed by atoms with van der Waals surface area (Å²) in [6, 6.07) is 0.133. The van der Waals surface area contributed by atoms with Crippen molar-refractivity contribution in [3.05, 3.63) is 28.2 Å². The molecule has 2 N–H and O–H groups in total. The highest BCUT2D eigenvalue weighted by atomic mass is 127. The van der Waals surface area contributed by atoms with Crippen LogP contribution in [0.25, 0.3) is 0 Å². The number of hydrogen-bond donors (Lipinski definition) is 2. The van der Waals surface area contributed by atoms with Crippen LogP contribution >= 0.6 is 35.3 Å². The first-order chi connectivity index (χ1) is 12.0. The van der Waals surface area contributed by atoms with Gasteiger partial charge in [-0.1, -0.05) is 0 Å². The number of alkyl halides is 3. The lowest BCUT2D eigenvalue weighted by atomic mass is 10.1. The molecule has 2 aromatic rings. The van der Waals surface area contributed by atoms with Gasteiger partial charge in [-0.25, -0.2) is 19.6 Å². The molecule has 0 saturated carbocycles. The lowest BCUT2D eigenvalue weighted by Crippen LogP contribution is -2.47. The Balaban J connectivity index is 0.00000243. The molecule has 144 valence electrons. The fourth-order valence-electron chi connectivity index (χ4n) is 2.53. The second kappa shape index (κ2) is 8.97. The third kappa shape index (κ3) is 5.28. The molecule has 3 rings (SSSR count). The van der Waals surface area contributed by atoms with Crippen molar-refractivity contribution in [3.63, 3.8) is 0 Å². The van der Waals surface area contributed by atoms with Crippen molar-refractivity contribution in [1.82, 2.24) is 30.4 Å². The minimum absolute atomic E-state index is 0. The quantitative estimate of drug-likeness (QED) is 0.383. The highest BCUT2D eigenvalue weighted by molar-refractivity contribution is 14.0. The van der Waals surface area contributed by atoms with Gasteiger partial charge in [0.25, 0.3) is 0 Å². The van der Waals surface area contributed by atoms with E-state index in [-0.39, 0.29) is 36.6 Å². The first-order valence-corrected chi connectivity index (χ1v) is 8.76. The van der Waals surface area contributed by atoms with Gasteiger partial charge in [0.1, 0.15) is 17.2 Å². The number of rotatable bonds is 4. The molecule has 0 radical (unpaired) electrons. The molecule has 26 heavy (non-hydrogen) atoms. The summed E-state index contributed by atoms with van der Waals surface area (Å²) in [6.45, 7) is 3.35. The number of aromatic nitrogens is 4. The minimum atomic E-state index is -4.42. The van der Waals surface area contributed by atoms with E-state index < -0.39 is 11.9 Å². The molecule has 3 heterocycles. The van der Waals surface area contributed by atoms with Crippen LogP contribution in [-0.4, -0.2) is 38.3 Å². The zero-order valence-electron chi connectivity index (χ0n) is 14.0. The number of guanidine groups is 1. The van der Waals surface area contributed by atoms with E-state index in [1.165, 1.54) is 6.33 Å². The summed E-state index contributed by atoms with van der Waals surface area (Å²) < 4.78 is 39.6. The Morgan fingerprint density at radius 1 is 1.46 bits per heavy atom. The predicted molar refractivity (Wildman–Crippen MR) is 103 cm³/mol. The Labute approximate surface area is 169 Å². The van der Waals surface area contributed by atoms with Gasteiger partial charge in [-0.15, -0.1) is 35.3 Å². The highest BCUT2D eigenvalue weighted by Gasteiger charge is 2.33. The number of aliphatic imine (C=N–C) groups is 1. The fraction of sp³-hybridized carbons (Fsp3) is 0.571. The van der Waals surface area contributed by atoms with Crippen LogP contribution in [0, 0.1) is 0 Å². The average Bonchev–Trinajstić information content (AvgIpc) is 3.21. The van der Waals surface area contributed by atoms with E-state index in [1.54, 1.807) is 0 Å². The Kier molecular flexibility index (Phi) is 7.20. The van der Waals surface area contributed by atoms with Crippen LogP contribution in [-0.2, 0) is 25.7 Å². The molecule has 0 saturated heterocycles. The summed E-state index contributed by atoms with van der Waals surface area (Å²) in [6.07, 6.45) is -1.17. The SMILES string of the molecule is CCNC(=NCc1nc(C(F)(F)F)cs1)NC1CCc2ncnn2C1.I. The molecule has 1 atom stereocenters. The van der Waals surface area contributed by atoms with E-state index in [4.69, 9.17) is 0 Å². The molecule has 0 aliphatic carbocycles. The van der Waals surface area contributed by atoms with Crippen molar-refractivity contribution >= 4 is 41.3 Å². The van der Waals surface area contributed by atoms with Crippen molar-refractivity contribution in [2.75, 3.05) is 6.54 Å². The van der Waals surface area contributed by atoms with Crippen LogP contribution in [0.1, 0.15) is 29.9 Å². The van der Waals surface area contributed by atoms with Crippen molar-refractivity contribution in [3.8, 4) is 0 Å². The van der Waals surface area contributed by atoms with E-state index in [1.807, 2.05) is 11.6 Å². The van der Waals surface area contributed by atoms with Crippen LogP contribution in [0.3, 0.4) is 0 Å². The molecule has 1 unspecified atom stereocenters. The molecule has 7 nitrogen and oxygen atoms in total. The van der Waals surface area contributed by atoms with Crippen molar-refractivity contribution < 1.29 is 13.2 Å². The second-order valence-electron chi connectivity index (χ2n) is 5.56. The molecule has 0 bridgehead atoms. The highest BCUT2D eigenvalue weighted by Crippen LogP contribution is 2.30. The normalized spacial score (nSPS) is 17.4. The van der Waals surface area contributed by atoms with Crippen LogP contribution < -0.4 is 10.6 Å². The van der Waals surface area contributed by atoms with Gasteiger partial charge in [0.2, 0.25) is 0 Å². The second-order valence-corrected chi connectivity index (χ2v) is 6.50. The third-order valence-corrected chi connectivity index (χ3v) is 4.54. The maximum atomic E-state index is 12.6.